The van der Waals surface area contributed by atoms with Gasteiger partial charge in [-0.3, -0.25) is 9.78 Å². The highest BCUT2D eigenvalue weighted by atomic mass is 35.5. The molecule has 0 aliphatic rings. The number of aromatic nitrogens is 1. The van der Waals surface area contributed by atoms with E-state index in [1.807, 2.05) is 13.8 Å². The number of aliphatic hydroxyl groups excluding tert-OH is 1. The van der Waals surface area contributed by atoms with Crippen molar-refractivity contribution in [3.05, 3.63) is 29.0 Å². The van der Waals surface area contributed by atoms with Crippen LogP contribution in [0.25, 0.3) is 0 Å². The molecule has 1 atom stereocenters. The Morgan fingerprint density at radius 2 is 2.29 bits per heavy atom. The molecule has 0 bridgehead atoms. The molecule has 5 heteroatoms. The Morgan fingerprint density at radius 3 is 2.82 bits per heavy atom. The highest BCUT2D eigenvalue weighted by Crippen LogP contribution is 2.14. The van der Waals surface area contributed by atoms with Crippen LogP contribution >= 0.6 is 11.6 Å². The molecule has 1 rings (SSSR count). The van der Waals surface area contributed by atoms with Crippen LogP contribution < -0.4 is 5.32 Å². The minimum absolute atomic E-state index is 0.0768. The highest BCUT2D eigenvalue weighted by molar-refractivity contribution is 6.33. The fourth-order valence-corrected chi connectivity index (χ4v) is 1.78. The molecule has 94 valence electrons. The maximum atomic E-state index is 11.9. The number of aliphatic hydroxyl groups is 1. The summed E-state index contributed by atoms with van der Waals surface area (Å²) in [4.78, 5) is 15.7. The number of amides is 1. The average Bonchev–Trinajstić information content (AvgIpc) is 2.27. The lowest BCUT2D eigenvalue weighted by Gasteiger charge is -2.18. The second-order valence-electron chi connectivity index (χ2n) is 4.34. The van der Waals surface area contributed by atoms with Crippen molar-refractivity contribution in [2.75, 3.05) is 6.61 Å². The second kappa shape index (κ2) is 6.57. The van der Waals surface area contributed by atoms with Crippen LogP contribution in [0, 0.1) is 5.92 Å². The lowest BCUT2D eigenvalue weighted by atomic mass is 10.0. The molecule has 0 saturated carbocycles. The number of hydrogen-bond acceptors (Lipinski definition) is 3. The Morgan fingerprint density at radius 1 is 1.59 bits per heavy atom. The topological polar surface area (TPSA) is 62.2 Å². The highest BCUT2D eigenvalue weighted by Gasteiger charge is 2.16. The minimum atomic E-state index is -0.280. The Hall–Kier alpha value is -1.13. The van der Waals surface area contributed by atoms with Gasteiger partial charge in [0.25, 0.3) is 5.91 Å². The summed E-state index contributed by atoms with van der Waals surface area (Å²) in [7, 11) is 0. The van der Waals surface area contributed by atoms with E-state index in [4.69, 9.17) is 11.6 Å². The average molecular weight is 257 g/mol. The summed E-state index contributed by atoms with van der Waals surface area (Å²) in [5, 5.41) is 12.2. The van der Waals surface area contributed by atoms with E-state index in [1.165, 1.54) is 12.4 Å². The van der Waals surface area contributed by atoms with Crippen LogP contribution in [-0.4, -0.2) is 28.6 Å². The maximum Gasteiger partial charge on any atom is 0.253 e. The van der Waals surface area contributed by atoms with Crippen molar-refractivity contribution in [3.8, 4) is 0 Å². The lowest BCUT2D eigenvalue weighted by molar-refractivity contribution is 0.0908. The standard InChI is InChI=1S/C12H17ClN2O2/c1-8(2)5-9(7-16)15-12(17)10-3-4-14-6-11(10)13/h3-4,6,8-9,16H,5,7H2,1-2H3,(H,15,17). The van der Waals surface area contributed by atoms with Gasteiger partial charge in [-0.1, -0.05) is 25.4 Å². The molecule has 4 nitrogen and oxygen atoms in total. The van der Waals surface area contributed by atoms with Crippen molar-refractivity contribution in [1.82, 2.24) is 10.3 Å². The van der Waals surface area contributed by atoms with Gasteiger partial charge < -0.3 is 10.4 Å². The molecule has 0 radical (unpaired) electrons. The number of hydrogen-bond donors (Lipinski definition) is 2. The van der Waals surface area contributed by atoms with Crippen molar-refractivity contribution in [3.63, 3.8) is 0 Å². The molecule has 0 saturated heterocycles. The first-order valence-corrected chi connectivity index (χ1v) is 5.93. The molecule has 0 fully saturated rings. The third kappa shape index (κ3) is 4.32. The summed E-state index contributed by atoms with van der Waals surface area (Å²) in [5.41, 5.74) is 0.379. The molecule has 0 aliphatic heterocycles. The van der Waals surface area contributed by atoms with Gasteiger partial charge in [0.15, 0.2) is 0 Å². The molecule has 0 aromatic carbocycles. The molecule has 1 heterocycles. The first kappa shape index (κ1) is 13.9. The summed E-state index contributed by atoms with van der Waals surface area (Å²) >= 11 is 5.87. The quantitative estimate of drug-likeness (QED) is 0.846. The summed E-state index contributed by atoms with van der Waals surface area (Å²) in [6.07, 6.45) is 3.66. The largest absolute Gasteiger partial charge is 0.394 e. The molecule has 1 aromatic rings. The van der Waals surface area contributed by atoms with Crippen LogP contribution in [-0.2, 0) is 0 Å². The van der Waals surface area contributed by atoms with E-state index in [2.05, 4.69) is 10.3 Å². The molecule has 2 N–H and O–H groups in total. The summed E-state index contributed by atoms with van der Waals surface area (Å²) < 4.78 is 0. The van der Waals surface area contributed by atoms with Gasteiger partial charge >= 0.3 is 0 Å². The third-order valence-electron chi connectivity index (χ3n) is 2.33. The van der Waals surface area contributed by atoms with Crippen molar-refractivity contribution in [2.45, 2.75) is 26.3 Å². The molecule has 1 unspecified atom stereocenters. The molecule has 0 aliphatic carbocycles. The van der Waals surface area contributed by atoms with E-state index in [0.717, 1.165) is 6.42 Å². The lowest BCUT2D eigenvalue weighted by Crippen LogP contribution is -2.38. The normalized spacial score (nSPS) is 12.5. The van der Waals surface area contributed by atoms with E-state index in [0.29, 0.717) is 16.5 Å². The van der Waals surface area contributed by atoms with E-state index in [-0.39, 0.29) is 18.6 Å². The number of pyridine rings is 1. The number of halogens is 1. The second-order valence-corrected chi connectivity index (χ2v) is 4.75. The van der Waals surface area contributed by atoms with E-state index >= 15 is 0 Å². The molecule has 0 spiro atoms. The number of nitrogens with zero attached hydrogens (tertiary/aromatic N) is 1. The van der Waals surface area contributed by atoms with Crippen molar-refractivity contribution in [2.24, 2.45) is 5.92 Å². The van der Waals surface area contributed by atoms with Gasteiger partial charge in [-0.05, 0) is 18.4 Å². The van der Waals surface area contributed by atoms with Crippen molar-refractivity contribution >= 4 is 17.5 Å². The van der Waals surface area contributed by atoms with E-state index in [1.54, 1.807) is 6.07 Å². The fourth-order valence-electron chi connectivity index (χ4n) is 1.57. The summed E-state index contributed by atoms with van der Waals surface area (Å²) in [6.45, 7) is 4.00. The van der Waals surface area contributed by atoms with Gasteiger partial charge in [0.05, 0.1) is 23.2 Å². The number of rotatable bonds is 5. The molecular weight excluding hydrogens is 240 g/mol. The fraction of sp³-hybridized carbons (Fsp3) is 0.500. The Bertz CT molecular complexity index is 383. The zero-order valence-corrected chi connectivity index (χ0v) is 10.7. The Balaban J connectivity index is 2.68. The maximum absolute atomic E-state index is 11.9. The van der Waals surface area contributed by atoms with Crippen LogP contribution in [0.4, 0.5) is 0 Å². The van der Waals surface area contributed by atoms with Crippen LogP contribution in [0.3, 0.4) is 0 Å². The van der Waals surface area contributed by atoms with Gasteiger partial charge in [-0.2, -0.15) is 0 Å². The van der Waals surface area contributed by atoms with Crippen molar-refractivity contribution in [1.29, 1.82) is 0 Å². The molecular formula is C12H17ClN2O2. The van der Waals surface area contributed by atoms with Crippen LogP contribution in [0.5, 0.6) is 0 Å². The smallest absolute Gasteiger partial charge is 0.253 e. The number of carbonyl (C=O) groups excluding carboxylic acids is 1. The van der Waals surface area contributed by atoms with Crippen LogP contribution in [0.15, 0.2) is 18.5 Å². The third-order valence-corrected chi connectivity index (χ3v) is 2.63. The predicted molar refractivity (Wildman–Crippen MR) is 67.0 cm³/mol. The Labute approximate surface area is 106 Å². The van der Waals surface area contributed by atoms with Gasteiger partial charge in [-0.25, -0.2) is 0 Å². The molecule has 1 aromatic heterocycles. The summed E-state index contributed by atoms with van der Waals surface area (Å²) in [5.74, 6) is 0.123. The molecule has 1 amide bonds. The Kier molecular flexibility index (Phi) is 5.38. The van der Waals surface area contributed by atoms with E-state index in [9.17, 15) is 9.90 Å². The zero-order valence-electron chi connectivity index (χ0n) is 9.98. The first-order valence-electron chi connectivity index (χ1n) is 5.55. The van der Waals surface area contributed by atoms with Gasteiger partial charge in [0.1, 0.15) is 0 Å². The van der Waals surface area contributed by atoms with Crippen LogP contribution in [0.1, 0.15) is 30.6 Å². The number of carbonyl (C=O) groups is 1. The van der Waals surface area contributed by atoms with Gasteiger partial charge in [-0.15, -0.1) is 0 Å². The number of nitrogens with one attached hydrogen (secondary N) is 1. The predicted octanol–water partition coefficient (Wildman–Crippen LogP) is 1.87. The van der Waals surface area contributed by atoms with Crippen LogP contribution in [0.2, 0.25) is 5.02 Å². The van der Waals surface area contributed by atoms with Gasteiger partial charge in [0, 0.05) is 12.4 Å². The first-order chi connectivity index (χ1) is 8.04. The monoisotopic (exact) mass is 256 g/mol. The van der Waals surface area contributed by atoms with Crippen molar-refractivity contribution < 1.29 is 9.90 Å². The summed E-state index contributed by atoms with van der Waals surface area (Å²) in [6, 6.07) is 1.31. The van der Waals surface area contributed by atoms with E-state index < -0.39 is 0 Å². The zero-order chi connectivity index (χ0) is 12.8. The SMILES string of the molecule is CC(C)CC(CO)NC(=O)c1ccncc1Cl. The van der Waals surface area contributed by atoms with Gasteiger partial charge in [0.2, 0.25) is 0 Å². The minimum Gasteiger partial charge on any atom is -0.394 e. The molecule has 17 heavy (non-hydrogen) atoms.